The number of methoxy groups -OCH3 is 2. The molecule has 1 aromatic carbocycles. The van der Waals surface area contributed by atoms with Crippen LogP contribution in [0.1, 0.15) is 36.4 Å². The predicted molar refractivity (Wildman–Crippen MR) is 93.0 cm³/mol. The lowest BCUT2D eigenvalue weighted by molar-refractivity contribution is 0.241. The maximum absolute atomic E-state index is 5.56. The fourth-order valence-corrected chi connectivity index (χ4v) is 3.90. The van der Waals surface area contributed by atoms with Gasteiger partial charge < -0.3 is 14.2 Å². The van der Waals surface area contributed by atoms with Crippen molar-refractivity contribution in [3.8, 4) is 16.7 Å². The molecule has 1 atom stereocenters. The van der Waals surface area contributed by atoms with E-state index in [0.717, 1.165) is 42.4 Å². The molecular formula is C17H23N3O3S. The highest BCUT2D eigenvalue weighted by atomic mass is 32.1. The van der Waals surface area contributed by atoms with Crippen LogP contribution in [-0.2, 0) is 6.54 Å². The summed E-state index contributed by atoms with van der Waals surface area (Å²) < 4.78 is 16.4. The van der Waals surface area contributed by atoms with Crippen LogP contribution in [0.25, 0.3) is 0 Å². The molecule has 1 fully saturated rings. The van der Waals surface area contributed by atoms with Crippen molar-refractivity contribution in [3.63, 3.8) is 0 Å². The molecule has 1 aromatic heterocycles. The smallest absolute Gasteiger partial charge is 0.294 e. The molecule has 6 nitrogen and oxygen atoms in total. The normalized spacial score (nSPS) is 17.9. The molecular weight excluding hydrogens is 326 g/mol. The van der Waals surface area contributed by atoms with E-state index in [1.807, 2.05) is 19.1 Å². The molecule has 1 saturated heterocycles. The second-order valence-electron chi connectivity index (χ2n) is 5.63. The Morgan fingerprint density at radius 3 is 2.88 bits per heavy atom. The minimum atomic E-state index is 0.300. The molecule has 1 aliphatic rings. The van der Waals surface area contributed by atoms with E-state index in [1.54, 1.807) is 14.2 Å². The standard InChI is InChI=1S/C17H23N3O3S/c1-4-23-17-19-18-16(24-17)11-20-9-5-6-14(20)13-10-12(21-2)7-8-15(13)22-3/h7-8,10,14H,4-6,9,11H2,1-3H3. The van der Waals surface area contributed by atoms with Gasteiger partial charge in [-0.2, -0.15) is 0 Å². The Labute approximate surface area is 146 Å². The van der Waals surface area contributed by atoms with Gasteiger partial charge in [0.2, 0.25) is 0 Å². The van der Waals surface area contributed by atoms with Gasteiger partial charge in [-0.15, -0.1) is 10.2 Å². The number of benzene rings is 1. The SMILES string of the molecule is CCOc1nnc(CN2CCCC2c2cc(OC)ccc2OC)s1. The third-order valence-electron chi connectivity index (χ3n) is 4.21. The van der Waals surface area contributed by atoms with Crippen molar-refractivity contribution >= 4 is 11.3 Å². The topological polar surface area (TPSA) is 56.7 Å². The van der Waals surface area contributed by atoms with E-state index in [1.165, 1.54) is 16.9 Å². The van der Waals surface area contributed by atoms with Crippen molar-refractivity contribution in [2.45, 2.75) is 32.4 Å². The lowest BCUT2D eigenvalue weighted by Gasteiger charge is -2.25. The fraction of sp³-hybridized carbons (Fsp3) is 0.529. The molecule has 0 aliphatic carbocycles. The van der Waals surface area contributed by atoms with Gasteiger partial charge in [0, 0.05) is 11.6 Å². The van der Waals surface area contributed by atoms with Crippen molar-refractivity contribution < 1.29 is 14.2 Å². The van der Waals surface area contributed by atoms with E-state index in [-0.39, 0.29) is 0 Å². The van der Waals surface area contributed by atoms with Gasteiger partial charge in [0.15, 0.2) is 0 Å². The summed E-state index contributed by atoms with van der Waals surface area (Å²) in [5.41, 5.74) is 1.17. The van der Waals surface area contributed by atoms with Crippen molar-refractivity contribution in [2.24, 2.45) is 0 Å². The van der Waals surface area contributed by atoms with Gasteiger partial charge in [0.25, 0.3) is 5.19 Å². The summed E-state index contributed by atoms with van der Waals surface area (Å²) in [5.74, 6) is 1.76. The van der Waals surface area contributed by atoms with Gasteiger partial charge in [-0.3, -0.25) is 4.90 Å². The first-order valence-corrected chi connectivity index (χ1v) is 8.98. The Bertz CT molecular complexity index is 677. The Morgan fingerprint density at radius 1 is 1.25 bits per heavy atom. The maximum Gasteiger partial charge on any atom is 0.294 e. The number of aromatic nitrogens is 2. The molecule has 0 amide bonds. The second kappa shape index (κ2) is 7.81. The van der Waals surface area contributed by atoms with Gasteiger partial charge in [-0.05, 0) is 44.5 Å². The molecule has 0 radical (unpaired) electrons. The minimum absolute atomic E-state index is 0.300. The molecule has 24 heavy (non-hydrogen) atoms. The summed E-state index contributed by atoms with van der Waals surface area (Å²) in [5, 5.41) is 9.95. The van der Waals surface area contributed by atoms with Crippen LogP contribution in [0.5, 0.6) is 16.7 Å². The van der Waals surface area contributed by atoms with Crippen LogP contribution in [0.2, 0.25) is 0 Å². The maximum atomic E-state index is 5.56. The lowest BCUT2D eigenvalue weighted by atomic mass is 10.0. The van der Waals surface area contributed by atoms with E-state index in [2.05, 4.69) is 21.2 Å². The first-order chi connectivity index (χ1) is 11.7. The highest BCUT2D eigenvalue weighted by Gasteiger charge is 2.29. The van der Waals surface area contributed by atoms with Gasteiger partial charge in [-0.1, -0.05) is 11.3 Å². The minimum Gasteiger partial charge on any atom is -0.497 e. The average molecular weight is 349 g/mol. The largest absolute Gasteiger partial charge is 0.497 e. The summed E-state index contributed by atoms with van der Waals surface area (Å²) in [6.45, 7) is 4.37. The molecule has 130 valence electrons. The van der Waals surface area contributed by atoms with E-state index in [9.17, 15) is 0 Å². The van der Waals surface area contributed by atoms with Crippen LogP contribution in [-0.4, -0.2) is 42.5 Å². The molecule has 1 unspecified atom stereocenters. The monoisotopic (exact) mass is 349 g/mol. The first-order valence-electron chi connectivity index (χ1n) is 8.16. The van der Waals surface area contributed by atoms with E-state index >= 15 is 0 Å². The summed E-state index contributed by atoms with van der Waals surface area (Å²) in [7, 11) is 3.40. The van der Waals surface area contributed by atoms with Crippen LogP contribution < -0.4 is 14.2 Å². The zero-order chi connectivity index (χ0) is 16.9. The van der Waals surface area contributed by atoms with Gasteiger partial charge in [-0.25, -0.2) is 0 Å². The summed E-state index contributed by atoms with van der Waals surface area (Å²) >= 11 is 1.52. The quantitative estimate of drug-likeness (QED) is 0.764. The molecule has 3 rings (SSSR count). The van der Waals surface area contributed by atoms with E-state index < -0.39 is 0 Å². The first kappa shape index (κ1) is 17.0. The molecule has 2 heterocycles. The summed E-state index contributed by atoms with van der Waals surface area (Å²) in [6, 6.07) is 6.28. The Balaban J connectivity index is 1.79. The third kappa shape index (κ3) is 3.62. The number of likely N-dealkylation sites (tertiary alicyclic amines) is 1. The van der Waals surface area contributed by atoms with E-state index in [4.69, 9.17) is 14.2 Å². The fourth-order valence-electron chi connectivity index (χ4n) is 3.13. The van der Waals surface area contributed by atoms with Crippen LogP contribution in [0.4, 0.5) is 0 Å². The zero-order valence-corrected chi connectivity index (χ0v) is 15.1. The predicted octanol–water partition coefficient (Wildman–Crippen LogP) is 3.29. The van der Waals surface area contributed by atoms with Gasteiger partial charge >= 0.3 is 0 Å². The van der Waals surface area contributed by atoms with Crippen molar-refractivity contribution in [1.82, 2.24) is 15.1 Å². The van der Waals surface area contributed by atoms with Crippen molar-refractivity contribution in [3.05, 3.63) is 28.8 Å². The van der Waals surface area contributed by atoms with Crippen LogP contribution in [0.15, 0.2) is 18.2 Å². The lowest BCUT2D eigenvalue weighted by Crippen LogP contribution is -2.23. The molecule has 0 bridgehead atoms. The molecule has 1 aliphatic heterocycles. The van der Waals surface area contributed by atoms with Crippen molar-refractivity contribution in [2.75, 3.05) is 27.4 Å². The van der Waals surface area contributed by atoms with Gasteiger partial charge in [0.05, 0.1) is 27.4 Å². The number of rotatable bonds is 7. The average Bonchev–Trinajstić information content (AvgIpc) is 3.24. The van der Waals surface area contributed by atoms with Gasteiger partial charge in [0.1, 0.15) is 16.5 Å². The summed E-state index contributed by atoms with van der Waals surface area (Å²) in [6.07, 6.45) is 2.25. The van der Waals surface area contributed by atoms with Crippen LogP contribution >= 0.6 is 11.3 Å². The van der Waals surface area contributed by atoms with Crippen LogP contribution in [0, 0.1) is 0 Å². The zero-order valence-electron chi connectivity index (χ0n) is 14.3. The highest BCUT2D eigenvalue weighted by Crippen LogP contribution is 2.39. The Kier molecular flexibility index (Phi) is 5.52. The second-order valence-corrected chi connectivity index (χ2v) is 6.66. The number of hydrogen-bond acceptors (Lipinski definition) is 7. The number of nitrogens with zero attached hydrogens (tertiary/aromatic N) is 3. The molecule has 7 heteroatoms. The Morgan fingerprint density at radius 2 is 2.12 bits per heavy atom. The molecule has 0 spiro atoms. The highest BCUT2D eigenvalue weighted by molar-refractivity contribution is 7.13. The third-order valence-corrected chi connectivity index (χ3v) is 5.03. The van der Waals surface area contributed by atoms with Crippen molar-refractivity contribution in [1.29, 1.82) is 0 Å². The molecule has 0 saturated carbocycles. The molecule has 2 aromatic rings. The Hall–Kier alpha value is -1.86. The molecule has 0 N–H and O–H groups in total. The number of hydrogen-bond donors (Lipinski definition) is 0. The van der Waals surface area contributed by atoms with E-state index in [0.29, 0.717) is 17.8 Å². The van der Waals surface area contributed by atoms with Crippen LogP contribution in [0.3, 0.4) is 0 Å². The summed E-state index contributed by atoms with van der Waals surface area (Å²) in [4.78, 5) is 2.42. The number of ether oxygens (including phenoxy) is 3.